The molecule has 2 amide bonds. The lowest BCUT2D eigenvalue weighted by atomic mass is 10.1. The van der Waals surface area contributed by atoms with Crippen molar-refractivity contribution in [1.82, 2.24) is 24.9 Å². The number of benzene rings is 1. The van der Waals surface area contributed by atoms with Crippen molar-refractivity contribution in [2.75, 3.05) is 0 Å². The number of fused-ring (bicyclic) bond motifs is 1. The standard InChI is InChI=1S/C16H16N6O2/c1-9-6-10(2)22-16(19-9)20-14(21-22)15(24)18-8-11-4-3-5-12(7-11)13(17)23/h3-7H,8H2,1-2H3,(H2,17,23)(H,18,24). The molecule has 0 saturated heterocycles. The highest BCUT2D eigenvalue weighted by Gasteiger charge is 2.14. The van der Waals surface area contributed by atoms with Gasteiger partial charge < -0.3 is 11.1 Å². The van der Waals surface area contributed by atoms with Gasteiger partial charge in [0.1, 0.15) is 0 Å². The first-order chi connectivity index (χ1) is 11.4. The molecule has 2 aromatic heterocycles. The van der Waals surface area contributed by atoms with Gasteiger partial charge in [0.2, 0.25) is 11.7 Å². The van der Waals surface area contributed by atoms with Gasteiger partial charge in [-0.2, -0.15) is 4.98 Å². The van der Waals surface area contributed by atoms with Gasteiger partial charge in [-0.05, 0) is 37.6 Å². The number of aryl methyl sites for hydroxylation is 2. The van der Waals surface area contributed by atoms with Crippen LogP contribution < -0.4 is 11.1 Å². The highest BCUT2D eigenvalue weighted by Crippen LogP contribution is 2.07. The van der Waals surface area contributed by atoms with Gasteiger partial charge in [-0.25, -0.2) is 9.50 Å². The van der Waals surface area contributed by atoms with Crippen LogP contribution in [0.5, 0.6) is 0 Å². The molecular formula is C16H16N6O2. The molecule has 8 nitrogen and oxygen atoms in total. The number of nitrogens with zero attached hydrogens (tertiary/aromatic N) is 4. The van der Waals surface area contributed by atoms with E-state index >= 15 is 0 Å². The number of carbonyl (C=O) groups excluding carboxylic acids is 2. The van der Waals surface area contributed by atoms with E-state index in [0.717, 1.165) is 17.0 Å². The van der Waals surface area contributed by atoms with Gasteiger partial charge in [0.25, 0.3) is 11.7 Å². The fourth-order valence-electron chi connectivity index (χ4n) is 2.36. The quantitative estimate of drug-likeness (QED) is 0.735. The van der Waals surface area contributed by atoms with E-state index in [-0.39, 0.29) is 12.4 Å². The van der Waals surface area contributed by atoms with Crippen molar-refractivity contribution in [3.8, 4) is 0 Å². The average Bonchev–Trinajstić information content (AvgIpc) is 2.97. The molecule has 0 unspecified atom stereocenters. The zero-order valence-electron chi connectivity index (χ0n) is 13.3. The van der Waals surface area contributed by atoms with E-state index < -0.39 is 11.8 Å². The van der Waals surface area contributed by atoms with Crippen LogP contribution >= 0.6 is 0 Å². The summed E-state index contributed by atoms with van der Waals surface area (Å²) in [5.41, 5.74) is 8.05. The summed E-state index contributed by atoms with van der Waals surface area (Å²) in [5.74, 6) is -0.500. The molecule has 2 heterocycles. The Morgan fingerprint density at radius 2 is 2.00 bits per heavy atom. The van der Waals surface area contributed by atoms with Gasteiger partial charge in [-0.3, -0.25) is 9.59 Å². The minimum absolute atomic E-state index is 0.0438. The predicted octanol–water partition coefficient (Wildman–Crippen LogP) is 0.770. The lowest BCUT2D eigenvalue weighted by molar-refractivity contribution is 0.0940. The summed E-state index contributed by atoms with van der Waals surface area (Å²) in [7, 11) is 0. The summed E-state index contributed by atoms with van der Waals surface area (Å²) >= 11 is 0. The molecule has 0 aliphatic rings. The Morgan fingerprint density at radius 1 is 1.21 bits per heavy atom. The molecular weight excluding hydrogens is 308 g/mol. The number of carbonyl (C=O) groups is 2. The molecule has 3 aromatic rings. The van der Waals surface area contributed by atoms with Crippen molar-refractivity contribution in [2.45, 2.75) is 20.4 Å². The Morgan fingerprint density at radius 3 is 2.75 bits per heavy atom. The number of nitrogens with one attached hydrogen (secondary N) is 1. The van der Waals surface area contributed by atoms with Gasteiger partial charge in [0.15, 0.2) is 0 Å². The van der Waals surface area contributed by atoms with Crippen molar-refractivity contribution in [1.29, 1.82) is 0 Å². The lowest BCUT2D eigenvalue weighted by Crippen LogP contribution is -2.24. The van der Waals surface area contributed by atoms with Crippen LogP contribution in [-0.2, 0) is 6.54 Å². The average molecular weight is 324 g/mol. The largest absolute Gasteiger partial charge is 0.366 e. The Labute approximate surface area is 137 Å². The summed E-state index contributed by atoms with van der Waals surface area (Å²) in [6.07, 6.45) is 0. The number of hydrogen-bond acceptors (Lipinski definition) is 5. The summed E-state index contributed by atoms with van der Waals surface area (Å²) in [6.45, 7) is 3.96. The third kappa shape index (κ3) is 3.07. The Bertz CT molecular complexity index is 947. The predicted molar refractivity (Wildman–Crippen MR) is 86.4 cm³/mol. The van der Waals surface area contributed by atoms with Crippen molar-refractivity contribution >= 4 is 17.6 Å². The second-order valence-corrected chi connectivity index (χ2v) is 5.43. The van der Waals surface area contributed by atoms with E-state index in [4.69, 9.17) is 5.73 Å². The van der Waals surface area contributed by atoms with E-state index in [1.807, 2.05) is 19.9 Å². The molecule has 0 fully saturated rings. The van der Waals surface area contributed by atoms with Crippen LogP contribution in [-0.4, -0.2) is 31.4 Å². The van der Waals surface area contributed by atoms with Crippen LogP contribution in [0.1, 0.15) is 37.9 Å². The first-order valence-electron chi connectivity index (χ1n) is 7.32. The minimum Gasteiger partial charge on any atom is -0.366 e. The summed E-state index contributed by atoms with van der Waals surface area (Å²) in [5, 5.41) is 6.89. The van der Waals surface area contributed by atoms with Crippen molar-refractivity contribution in [3.05, 3.63) is 58.7 Å². The van der Waals surface area contributed by atoms with Gasteiger partial charge in [0.05, 0.1) is 0 Å². The molecule has 24 heavy (non-hydrogen) atoms. The first kappa shape index (κ1) is 15.6. The van der Waals surface area contributed by atoms with Crippen molar-refractivity contribution in [2.24, 2.45) is 5.73 Å². The zero-order valence-corrected chi connectivity index (χ0v) is 13.3. The molecule has 0 atom stereocenters. The third-order valence-electron chi connectivity index (χ3n) is 3.49. The van der Waals surface area contributed by atoms with E-state index in [1.165, 1.54) is 4.52 Å². The monoisotopic (exact) mass is 324 g/mol. The Balaban J connectivity index is 1.77. The molecule has 8 heteroatoms. The van der Waals surface area contributed by atoms with E-state index in [1.54, 1.807) is 24.3 Å². The number of amides is 2. The molecule has 3 rings (SSSR count). The maximum absolute atomic E-state index is 12.2. The van der Waals surface area contributed by atoms with Crippen LogP contribution in [0.4, 0.5) is 0 Å². The molecule has 0 radical (unpaired) electrons. The molecule has 1 aromatic carbocycles. The van der Waals surface area contributed by atoms with Gasteiger partial charge in [-0.15, -0.1) is 5.10 Å². The molecule has 3 N–H and O–H groups in total. The van der Waals surface area contributed by atoms with E-state index in [2.05, 4.69) is 20.4 Å². The SMILES string of the molecule is Cc1cc(C)n2nc(C(=O)NCc3cccc(C(N)=O)c3)nc2n1. The normalized spacial score (nSPS) is 10.8. The number of aromatic nitrogens is 4. The van der Waals surface area contributed by atoms with Crippen LogP contribution in [0, 0.1) is 13.8 Å². The maximum Gasteiger partial charge on any atom is 0.291 e. The van der Waals surface area contributed by atoms with Crippen molar-refractivity contribution < 1.29 is 9.59 Å². The third-order valence-corrected chi connectivity index (χ3v) is 3.49. The summed E-state index contributed by atoms with van der Waals surface area (Å²) in [4.78, 5) is 31.8. The van der Waals surface area contributed by atoms with E-state index in [0.29, 0.717) is 11.3 Å². The molecule has 0 bridgehead atoms. The second-order valence-electron chi connectivity index (χ2n) is 5.43. The summed E-state index contributed by atoms with van der Waals surface area (Å²) in [6, 6.07) is 8.61. The smallest absolute Gasteiger partial charge is 0.291 e. The van der Waals surface area contributed by atoms with Gasteiger partial charge in [-0.1, -0.05) is 12.1 Å². The molecule has 122 valence electrons. The van der Waals surface area contributed by atoms with E-state index in [9.17, 15) is 9.59 Å². The lowest BCUT2D eigenvalue weighted by Gasteiger charge is -2.04. The number of hydrogen-bond donors (Lipinski definition) is 2. The molecule has 0 aliphatic carbocycles. The van der Waals surface area contributed by atoms with Gasteiger partial charge >= 0.3 is 0 Å². The number of nitrogens with two attached hydrogens (primary N) is 1. The highest BCUT2D eigenvalue weighted by molar-refractivity contribution is 5.93. The molecule has 0 saturated carbocycles. The number of primary amides is 1. The Hall–Kier alpha value is -3.29. The number of rotatable bonds is 4. The topological polar surface area (TPSA) is 115 Å². The Kier molecular flexibility index (Phi) is 3.95. The molecule has 0 spiro atoms. The van der Waals surface area contributed by atoms with Crippen LogP contribution in [0.15, 0.2) is 30.3 Å². The zero-order chi connectivity index (χ0) is 17.3. The minimum atomic E-state index is -0.512. The molecule has 0 aliphatic heterocycles. The fraction of sp³-hybridized carbons (Fsp3) is 0.188. The first-order valence-corrected chi connectivity index (χ1v) is 7.32. The maximum atomic E-state index is 12.2. The van der Waals surface area contributed by atoms with Gasteiger partial charge in [0, 0.05) is 23.5 Å². The summed E-state index contributed by atoms with van der Waals surface area (Å²) < 4.78 is 1.52. The van der Waals surface area contributed by atoms with Crippen LogP contribution in [0.25, 0.3) is 5.78 Å². The van der Waals surface area contributed by atoms with Crippen LogP contribution in [0.2, 0.25) is 0 Å². The highest BCUT2D eigenvalue weighted by atomic mass is 16.2. The second kappa shape index (κ2) is 6.07. The fourth-order valence-corrected chi connectivity index (χ4v) is 2.36. The van der Waals surface area contributed by atoms with Crippen LogP contribution in [0.3, 0.4) is 0 Å². The van der Waals surface area contributed by atoms with Crippen molar-refractivity contribution in [3.63, 3.8) is 0 Å².